The van der Waals surface area contributed by atoms with E-state index in [1.807, 2.05) is 17.0 Å². The molecule has 0 spiro atoms. The number of hydrogen-bond acceptors (Lipinski definition) is 6. The zero-order chi connectivity index (χ0) is 31.8. The maximum absolute atomic E-state index is 16.6. The molecule has 0 bridgehead atoms. The molecule has 45 heavy (non-hydrogen) atoms. The first kappa shape index (κ1) is 30.8. The summed E-state index contributed by atoms with van der Waals surface area (Å²) in [4.78, 5) is 29.7. The number of anilines is 1. The van der Waals surface area contributed by atoms with Crippen LogP contribution in [-0.4, -0.2) is 90.3 Å². The van der Waals surface area contributed by atoms with E-state index in [1.165, 1.54) is 11.0 Å². The van der Waals surface area contributed by atoms with Crippen LogP contribution in [0.4, 0.5) is 23.4 Å². The number of alkyl halides is 1. The summed E-state index contributed by atoms with van der Waals surface area (Å²) in [6, 6.07) is 5.64. The summed E-state index contributed by atoms with van der Waals surface area (Å²) in [6.07, 6.45) is 2.78. The van der Waals surface area contributed by atoms with Crippen molar-refractivity contribution >= 4 is 22.6 Å². The van der Waals surface area contributed by atoms with E-state index in [2.05, 4.69) is 21.4 Å². The Bertz CT molecular complexity index is 1690. The van der Waals surface area contributed by atoms with Crippen LogP contribution in [0.2, 0.25) is 0 Å². The van der Waals surface area contributed by atoms with E-state index < -0.39 is 35.6 Å². The van der Waals surface area contributed by atoms with Crippen molar-refractivity contribution in [3.05, 3.63) is 70.8 Å². The SMILES string of the molecule is [C-]#[N+]C[C@H]1CN(c2nc(OC[C@@H]3C[C@@H](F)CN3C)nc3c(F)c(-c4cccc5c4CCCC5)c(F)cc23)CCN1C(=O)C(=C)F. The van der Waals surface area contributed by atoms with Gasteiger partial charge >= 0.3 is 6.01 Å². The molecular weight excluding hydrogens is 588 g/mol. The van der Waals surface area contributed by atoms with Crippen LogP contribution in [-0.2, 0) is 17.6 Å². The van der Waals surface area contributed by atoms with Gasteiger partial charge in [0.1, 0.15) is 36.0 Å². The minimum Gasteiger partial charge on any atom is -0.462 e. The van der Waals surface area contributed by atoms with Crippen molar-refractivity contribution in [1.29, 1.82) is 0 Å². The van der Waals surface area contributed by atoms with E-state index in [0.717, 1.165) is 30.4 Å². The van der Waals surface area contributed by atoms with Crippen LogP contribution in [0, 0.1) is 18.2 Å². The third kappa shape index (κ3) is 5.93. The number of likely N-dealkylation sites (N-methyl/N-ethyl adjacent to an activating group) is 1. The number of aromatic nitrogens is 2. The van der Waals surface area contributed by atoms with Gasteiger partial charge in [0.2, 0.25) is 6.54 Å². The van der Waals surface area contributed by atoms with Gasteiger partial charge in [0, 0.05) is 37.6 Å². The number of aryl methyl sites for hydroxylation is 1. The molecule has 1 amide bonds. The number of carbonyl (C=O) groups excluding carboxylic acids is 1. The molecule has 0 saturated carbocycles. The normalized spacial score (nSPS) is 21.9. The lowest BCUT2D eigenvalue weighted by Crippen LogP contribution is -2.56. The molecule has 8 nitrogen and oxygen atoms in total. The summed E-state index contributed by atoms with van der Waals surface area (Å²) in [7, 11) is 1.79. The number of benzene rings is 2. The number of rotatable bonds is 7. The van der Waals surface area contributed by atoms with Crippen LogP contribution in [0.15, 0.2) is 36.7 Å². The first-order valence-corrected chi connectivity index (χ1v) is 15.2. The van der Waals surface area contributed by atoms with Crippen LogP contribution in [0.5, 0.6) is 6.01 Å². The molecule has 2 saturated heterocycles. The summed E-state index contributed by atoms with van der Waals surface area (Å²) in [5.74, 6) is -3.48. The van der Waals surface area contributed by atoms with E-state index >= 15 is 8.78 Å². The molecule has 236 valence electrons. The van der Waals surface area contributed by atoms with Gasteiger partial charge in [-0.3, -0.25) is 9.69 Å². The van der Waals surface area contributed by atoms with Crippen LogP contribution in [0.25, 0.3) is 26.9 Å². The average Bonchev–Trinajstić information content (AvgIpc) is 3.36. The highest BCUT2D eigenvalue weighted by Crippen LogP contribution is 2.39. The average molecular weight is 623 g/mol. The second-order valence-electron chi connectivity index (χ2n) is 12.0. The highest BCUT2D eigenvalue weighted by Gasteiger charge is 2.36. The van der Waals surface area contributed by atoms with Gasteiger partial charge in [-0.15, -0.1) is 0 Å². The summed E-state index contributed by atoms with van der Waals surface area (Å²) >= 11 is 0. The van der Waals surface area contributed by atoms with Gasteiger partial charge in [-0.25, -0.2) is 24.1 Å². The predicted molar refractivity (Wildman–Crippen MR) is 162 cm³/mol. The number of likely N-dealkylation sites (tertiary alicyclic amines) is 1. The summed E-state index contributed by atoms with van der Waals surface area (Å²) in [5.41, 5.74) is 2.18. The van der Waals surface area contributed by atoms with Crippen molar-refractivity contribution < 1.29 is 27.1 Å². The first-order valence-electron chi connectivity index (χ1n) is 15.2. The van der Waals surface area contributed by atoms with E-state index in [-0.39, 0.29) is 80.1 Å². The van der Waals surface area contributed by atoms with Crippen LogP contribution >= 0.6 is 0 Å². The standard InChI is InChI=1S/C33H34F4N6O2/c1-19(34)32(44)43-12-11-42(17-23(43)15-38-2)31-26-14-27(36)28(25-10-6-8-20-7-4-5-9-24(20)25)29(37)30(26)39-33(40-31)45-18-22-13-21(35)16-41(22)3/h6,8,10,14,21-23H,1,4-5,7,9,11-13,15-18H2,3H3/t21-,22+,23+/m1/s1. The highest BCUT2D eigenvalue weighted by molar-refractivity contribution is 5.95. The van der Waals surface area contributed by atoms with Gasteiger partial charge in [0.05, 0.1) is 5.56 Å². The number of halogens is 4. The number of piperazine rings is 1. The third-order valence-electron chi connectivity index (χ3n) is 9.13. The van der Waals surface area contributed by atoms with Crippen molar-refractivity contribution in [2.45, 2.75) is 50.4 Å². The fraction of sp³-hybridized carbons (Fsp3) is 0.455. The Kier molecular flexibility index (Phi) is 8.64. The Balaban J connectivity index is 1.45. The minimum absolute atomic E-state index is 0.0353. The van der Waals surface area contributed by atoms with Gasteiger partial charge in [-0.05, 0) is 61.9 Å². The zero-order valence-electron chi connectivity index (χ0n) is 25.0. The lowest BCUT2D eigenvalue weighted by molar-refractivity contribution is -0.131. The molecule has 2 fully saturated rings. The second-order valence-corrected chi connectivity index (χ2v) is 12.0. The van der Waals surface area contributed by atoms with Crippen molar-refractivity contribution in [3.63, 3.8) is 0 Å². The topological polar surface area (TPSA) is 66.2 Å². The third-order valence-corrected chi connectivity index (χ3v) is 9.13. The first-order chi connectivity index (χ1) is 21.7. The number of hydrogen-bond donors (Lipinski definition) is 0. The number of nitrogens with zero attached hydrogens (tertiary/aromatic N) is 6. The predicted octanol–water partition coefficient (Wildman–Crippen LogP) is 5.29. The lowest BCUT2D eigenvalue weighted by Gasteiger charge is -2.39. The maximum atomic E-state index is 16.6. The summed E-state index contributed by atoms with van der Waals surface area (Å²) < 4.78 is 66.4. The molecular formula is C33H34F4N6O2. The number of fused-ring (bicyclic) bond motifs is 2. The Morgan fingerprint density at radius 2 is 1.96 bits per heavy atom. The van der Waals surface area contributed by atoms with Crippen LogP contribution in [0.1, 0.15) is 30.4 Å². The van der Waals surface area contributed by atoms with Crippen molar-refractivity contribution in [1.82, 2.24) is 19.8 Å². The molecule has 0 N–H and O–H groups in total. The molecule has 3 heterocycles. The largest absolute Gasteiger partial charge is 0.462 e. The maximum Gasteiger partial charge on any atom is 0.319 e. The quantitative estimate of drug-likeness (QED) is 0.203. The molecule has 3 atom stereocenters. The molecule has 6 rings (SSSR count). The molecule has 2 aliphatic heterocycles. The van der Waals surface area contributed by atoms with Gasteiger partial charge in [-0.2, -0.15) is 9.97 Å². The van der Waals surface area contributed by atoms with Gasteiger partial charge < -0.3 is 19.4 Å². The molecule has 0 unspecified atom stereocenters. The highest BCUT2D eigenvalue weighted by atomic mass is 19.1. The monoisotopic (exact) mass is 622 g/mol. The molecule has 2 aromatic carbocycles. The summed E-state index contributed by atoms with van der Waals surface area (Å²) in [5, 5.41) is 0.101. The smallest absolute Gasteiger partial charge is 0.319 e. The number of amides is 1. The molecule has 3 aliphatic rings. The Morgan fingerprint density at radius 1 is 1.16 bits per heavy atom. The molecule has 0 radical (unpaired) electrons. The van der Waals surface area contributed by atoms with Crippen molar-refractivity contribution in [3.8, 4) is 17.1 Å². The fourth-order valence-corrected chi connectivity index (χ4v) is 6.84. The van der Waals surface area contributed by atoms with Gasteiger partial charge in [0.15, 0.2) is 11.6 Å². The fourth-order valence-electron chi connectivity index (χ4n) is 6.84. The van der Waals surface area contributed by atoms with E-state index in [0.29, 0.717) is 12.0 Å². The van der Waals surface area contributed by atoms with E-state index in [9.17, 15) is 13.6 Å². The van der Waals surface area contributed by atoms with Crippen molar-refractivity contribution in [2.75, 3.05) is 51.3 Å². The molecule has 1 aromatic heterocycles. The second kappa shape index (κ2) is 12.6. The minimum atomic E-state index is -1.13. The summed E-state index contributed by atoms with van der Waals surface area (Å²) in [6.45, 7) is 10.9. The van der Waals surface area contributed by atoms with E-state index in [1.54, 1.807) is 18.0 Å². The number of carbonyl (C=O) groups is 1. The Hall–Kier alpha value is -4.24. The van der Waals surface area contributed by atoms with E-state index in [4.69, 9.17) is 11.3 Å². The zero-order valence-corrected chi connectivity index (χ0v) is 25.0. The van der Waals surface area contributed by atoms with Crippen molar-refractivity contribution in [2.24, 2.45) is 0 Å². The van der Waals surface area contributed by atoms with Gasteiger partial charge in [-0.1, -0.05) is 24.8 Å². The van der Waals surface area contributed by atoms with Crippen LogP contribution < -0.4 is 9.64 Å². The van der Waals surface area contributed by atoms with Gasteiger partial charge in [0.25, 0.3) is 5.91 Å². The lowest BCUT2D eigenvalue weighted by atomic mass is 9.85. The molecule has 3 aromatic rings. The van der Waals surface area contributed by atoms with Crippen LogP contribution in [0.3, 0.4) is 0 Å². The molecule has 1 aliphatic carbocycles. The Labute approximate surface area is 259 Å². The Morgan fingerprint density at radius 3 is 2.69 bits per heavy atom. The molecule has 12 heteroatoms. The number of ether oxygens (including phenoxy) is 1.